The maximum Gasteiger partial charge on any atom is 0.258 e. The number of nitrogens with zero attached hydrogens (tertiary/aromatic N) is 1. The summed E-state index contributed by atoms with van der Waals surface area (Å²) in [5, 5.41) is 9.61. The first-order valence-electron chi connectivity index (χ1n) is 4.99. The average Bonchev–Trinajstić information content (AvgIpc) is 2.16. The number of hydrogen-bond acceptors (Lipinski definition) is 4. The normalized spacial score (nSPS) is 14.6. The second kappa shape index (κ2) is 5.01. The van der Waals surface area contributed by atoms with Crippen molar-refractivity contribution >= 4 is 26.0 Å². The molecular weight excluding hydrogens is 308 g/mol. The number of sulfonamides is 1. The third kappa shape index (κ3) is 4.02. The maximum atomic E-state index is 11.9. The Morgan fingerprint density at radius 1 is 1.47 bits per heavy atom. The molecule has 17 heavy (non-hydrogen) atoms. The van der Waals surface area contributed by atoms with Crippen LogP contribution in [0.3, 0.4) is 0 Å². The molecule has 1 unspecified atom stereocenters. The number of halogens is 1. The predicted molar refractivity (Wildman–Crippen MR) is 68.0 cm³/mol. The Morgan fingerprint density at radius 3 is 2.47 bits per heavy atom. The van der Waals surface area contributed by atoms with Gasteiger partial charge in [0.2, 0.25) is 0 Å². The number of hydrogen-bond donors (Lipinski definition) is 2. The van der Waals surface area contributed by atoms with Gasteiger partial charge in [0.05, 0.1) is 5.60 Å². The smallest absolute Gasteiger partial charge is 0.258 e. The maximum absolute atomic E-state index is 11.9. The van der Waals surface area contributed by atoms with Crippen LogP contribution in [0.4, 0.5) is 0 Å². The van der Waals surface area contributed by atoms with E-state index in [0.29, 0.717) is 4.47 Å². The minimum absolute atomic E-state index is 0.0724. The molecule has 2 N–H and O–H groups in total. The van der Waals surface area contributed by atoms with Crippen molar-refractivity contribution in [3.63, 3.8) is 0 Å². The Balaban J connectivity index is 2.94. The highest BCUT2D eigenvalue weighted by molar-refractivity contribution is 9.10. The van der Waals surface area contributed by atoms with E-state index in [9.17, 15) is 13.5 Å². The summed E-state index contributed by atoms with van der Waals surface area (Å²) in [5.41, 5.74) is -1.14. The fourth-order valence-corrected chi connectivity index (χ4v) is 2.51. The summed E-state index contributed by atoms with van der Waals surface area (Å²) in [6.07, 6.45) is 1.41. The third-order valence-corrected chi connectivity index (χ3v) is 4.29. The Kier molecular flexibility index (Phi) is 4.29. The van der Waals surface area contributed by atoms with E-state index in [1.807, 2.05) is 0 Å². The molecule has 0 saturated carbocycles. The van der Waals surface area contributed by atoms with Crippen molar-refractivity contribution in [2.45, 2.75) is 37.4 Å². The van der Waals surface area contributed by atoms with Gasteiger partial charge < -0.3 is 5.11 Å². The van der Waals surface area contributed by atoms with Crippen LogP contribution in [0.5, 0.6) is 0 Å². The lowest BCUT2D eigenvalue weighted by molar-refractivity contribution is 0.0523. The summed E-state index contributed by atoms with van der Waals surface area (Å²) < 4.78 is 26.9. The van der Waals surface area contributed by atoms with Gasteiger partial charge in [0.25, 0.3) is 10.0 Å². The zero-order valence-corrected chi connectivity index (χ0v) is 12.2. The van der Waals surface area contributed by atoms with E-state index in [4.69, 9.17) is 0 Å². The molecule has 0 aliphatic rings. The second-order valence-corrected chi connectivity index (χ2v) is 6.89. The van der Waals surface area contributed by atoms with Gasteiger partial charge in [-0.25, -0.2) is 18.1 Å². The first kappa shape index (κ1) is 14.6. The number of nitrogens with one attached hydrogen (secondary N) is 1. The summed E-state index contributed by atoms with van der Waals surface area (Å²) in [7, 11) is -3.70. The van der Waals surface area contributed by atoms with Gasteiger partial charge >= 0.3 is 0 Å². The highest BCUT2D eigenvalue weighted by atomic mass is 79.9. The van der Waals surface area contributed by atoms with E-state index < -0.39 is 21.7 Å². The minimum Gasteiger partial charge on any atom is -0.389 e. The monoisotopic (exact) mass is 322 g/mol. The van der Waals surface area contributed by atoms with Crippen LogP contribution in [0, 0.1) is 0 Å². The first-order chi connectivity index (χ1) is 7.63. The van der Waals surface area contributed by atoms with Crippen LogP contribution in [-0.2, 0) is 10.0 Å². The quantitative estimate of drug-likeness (QED) is 0.875. The summed E-state index contributed by atoms with van der Waals surface area (Å²) in [6, 6.07) is 2.37. The van der Waals surface area contributed by atoms with E-state index in [2.05, 4.69) is 25.6 Å². The fourth-order valence-electron chi connectivity index (χ4n) is 0.959. The SMILES string of the molecule is CC(NS(=O)(=O)c1ccc(Br)cn1)C(C)(C)O. The van der Waals surface area contributed by atoms with Gasteiger partial charge in [0, 0.05) is 16.7 Å². The molecule has 0 saturated heterocycles. The molecule has 0 aliphatic carbocycles. The largest absolute Gasteiger partial charge is 0.389 e. The number of aromatic nitrogens is 1. The lowest BCUT2D eigenvalue weighted by Crippen LogP contribution is -2.47. The van der Waals surface area contributed by atoms with Crippen LogP contribution < -0.4 is 4.72 Å². The molecule has 7 heteroatoms. The molecule has 0 radical (unpaired) electrons. The Bertz CT molecular complexity index is 479. The molecule has 0 spiro atoms. The Morgan fingerprint density at radius 2 is 2.06 bits per heavy atom. The lowest BCUT2D eigenvalue weighted by atomic mass is 10.0. The summed E-state index contributed by atoms with van der Waals surface area (Å²) in [5.74, 6) is 0. The van der Waals surface area contributed by atoms with E-state index in [0.717, 1.165) is 0 Å². The van der Waals surface area contributed by atoms with Crippen molar-refractivity contribution < 1.29 is 13.5 Å². The van der Waals surface area contributed by atoms with Crippen molar-refractivity contribution in [3.8, 4) is 0 Å². The molecule has 0 bridgehead atoms. The van der Waals surface area contributed by atoms with Crippen LogP contribution in [0.25, 0.3) is 0 Å². The molecule has 1 aromatic rings. The summed E-state index contributed by atoms with van der Waals surface area (Å²) in [4.78, 5) is 3.81. The van der Waals surface area contributed by atoms with Crippen molar-refractivity contribution in [2.24, 2.45) is 0 Å². The Labute approximate surface area is 109 Å². The standard InChI is InChI=1S/C10H15BrN2O3S/c1-7(10(2,3)14)13-17(15,16)9-5-4-8(11)6-12-9/h4-7,13-14H,1-3H3. The third-order valence-electron chi connectivity index (χ3n) is 2.37. The second-order valence-electron chi connectivity index (χ2n) is 4.31. The van der Waals surface area contributed by atoms with Gasteiger partial charge in [-0.2, -0.15) is 0 Å². The predicted octanol–water partition coefficient (Wildman–Crippen LogP) is 1.28. The van der Waals surface area contributed by atoms with Gasteiger partial charge in [-0.05, 0) is 48.8 Å². The van der Waals surface area contributed by atoms with Crippen molar-refractivity contribution in [3.05, 3.63) is 22.8 Å². The number of rotatable bonds is 4. The Hall–Kier alpha value is -0.500. The van der Waals surface area contributed by atoms with E-state index in [-0.39, 0.29) is 5.03 Å². The lowest BCUT2D eigenvalue weighted by Gasteiger charge is -2.26. The van der Waals surface area contributed by atoms with E-state index >= 15 is 0 Å². The molecule has 0 aromatic carbocycles. The molecular formula is C10H15BrN2O3S. The molecule has 1 aromatic heterocycles. The van der Waals surface area contributed by atoms with Crippen LogP contribution >= 0.6 is 15.9 Å². The van der Waals surface area contributed by atoms with Gasteiger partial charge in [0.15, 0.2) is 5.03 Å². The van der Waals surface area contributed by atoms with E-state index in [1.165, 1.54) is 26.1 Å². The fraction of sp³-hybridized carbons (Fsp3) is 0.500. The molecule has 5 nitrogen and oxygen atoms in total. The topological polar surface area (TPSA) is 79.3 Å². The minimum atomic E-state index is -3.70. The van der Waals surface area contributed by atoms with Crippen molar-refractivity contribution in [1.82, 2.24) is 9.71 Å². The number of pyridine rings is 1. The molecule has 0 amide bonds. The van der Waals surface area contributed by atoms with Crippen molar-refractivity contribution in [1.29, 1.82) is 0 Å². The van der Waals surface area contributed by atoms with E-state index in [1.54, 1.807) is 13.0 Å². The average molecular weight is 323 g/mol. The highest BCUT2D eigenvalue weighted by Crippen LogP contribution is 2.14. The molecule has 1 heterocycles. The molecule has 0 fully saturated rings. The summed E-state index contributed by atoms with van der Waals surface area (Å²) in [6.45, 7) is 4.67. The van der Waals surface area contributed by atoms with Gasteiger partial charge in [0.1, 0.15) is 0 Å². The summed E-state index contributed by atoms with van der Waals surface area (Å²) >= 11 is 3.18. The van der Waals surface area contributed by atoms with Crippen LogP contribution in [0.1, 0.15) is 20.8 Å². The van der Waals surface area contributed by atoms with Crippen LogP contribution in [-0.4, -0.2) is 30.2 Å². The van der Waals surface area contributed by atoms with Gasteiger partial charge in [-0.3, -0.25) is 0 Å². The zero-order chi connectivity index (χ0) is 13.3. The van der Waals surface area contributed by atoms with Gasteiger partial charge in [-0.1, -0.05) is 0 Å². The van der Waals surface area contributed by atoms with Crippen LogP contribution in [0.15, 0.2) is 27.8 Å². The number of aliphatic hydroxyl groups is 1. The molecule has 0 aliphatic heterocycles. The van der Waals surface area contributed by atoms with Crippen molar-refractivity contribution in [2.75, 3.05) is 0 Å². The molecule has 1 rings (SSSR count). The molecule has 96 valence electrons. The zero-order valence-electron chi connectivity index (χ0n) is 9.81. The molecule has 1 atom stereocenters. The first-order valence-corrected chi connectivity index (χ1v) is 7.27. The highest BCUT2D eigenvalue weighted by Gasteiger charge is 2.28. The van der Waals surface area contributed by atoms with Crippen LogP contribution in [0.2, 0.25) is 0 Å². The van der Waals surface area contributed by atoms with Gasteiger partial charge in [-0.15, -0.1) is 0 Å².